The van der Waals surface area contributed by atoms with Crippen LogP contribution in [0.1, 0.15) is 30.0 Å². The summed E-state index contributed by atoms with van der Waals surface area (Å²) in [5, 5.41) is 17.6. The van der Waals surface area contributed by atoms with E-state index in [1.54, 1.807) is 12.1 Å². The van der Waals surface area contributed by atoms with Crippen molar-refractivity contribution in [3.8, 4) is 0 Å². The third-order valence-corrected chi connectivity index (χ3v) is 3.86. The number of carboxylic acids is 1. The van der Waals surface area contributed by atoms with Crippen LogP contribution >= 0.6 is 0 Å². The zero-order valence-corrected chi connectivity index (χ0v) is 16.1. The number of carboxylic acid groups (broad SMARTS) is 1. The fraction of sp³-hybridized carbons (Fsp3) is 0.200. The van der Waals surface area contributed by atoms with Crippen molar-refractivity contribution < 1.29 is 19.4 Å². The molecule has 0 fully saturated rings. The maximum absolute atomic E-state index is 12.4. The number of hydrogen-bond acceptors (Lipinski definition) is 5. The molecule has 0 aliphatic carbocycles. The molecule has 0 bridgehead atoms. The minimum Gasteiger partial charge on any atom is -0.481 e. The summed E-state index contributed by atoms with van der Waals surface area (Å²) in [5.41, 5.74) is 8.61. The molecule has 0 spiro atoms. The number of aromatic amines is 1. The largest absolute Gasteiger partial charge is 0.481 e. The molecule has 29 heavy (non-hydrogen) atoms. The molecule has 1 unspecified atom stereocenters. The van der Waals surface area contributed by atoms with Crippen molar-refractivity contribution in [2.45, 2.75) is 19.6 Å². The van der Waals surface area contributed by atoms with Crippen molar-refractivity contribution >= 4 is 28.7 Å². The Morgan fingerprint density at radius 3 is 2.41 bits per heavy atom. The van der Waals surface area contributed by atoms with Gasteiger partial charge in [-0.3, -0.25) is 15.0 Å². The number of nitrogen functional groups attached to an aromatic ring is 1. The number of amides is 1. The Morgan fingerprint density at radius 2 is 1.86 bits per heavy atom. The summed E-state index contributed by atoms with van der Waals surface area (Å²) in [6.07, 6.45) is -0.816. The average molecular weight is 397 g/mol. The van der Waals surface area contributed by atoms with E-state index in [1.165, 1.54) is 7.11 Å². The molecule has 0 aliphatic rings. The van der Waals surface area contributed by atoms with Gasteiger partial charge in [0.25, 0.3) is 11.9 Å². The molecule has 9 heteroatoms. The third kappa shape index (κ3) is 6.15. The highest BCUT2D eigenvalue weighted by Crippen LogP contribution is 2.18. The molecule has 1 atom stereocenters. The first-order chi connectivity index (χ1) is 13.8. The number of fused-ring (bicyclic) bond motifs is 1. The fourth-order valence-corrected chi connectivity index (χ4v) is 2.52. The molecule has 9 nitrogen and oxygen atoms in total. The highest BCUT2D eigenvalue weighted by molar-refractivity contribution is 5.94. The number of aliphatic carboxylic acids is 1. The maximum atomic E-state index is 12.4. The van der Waals surface area contributed by atoms with Gasteiger partial charge < -0.3 is 25.9 Å². The Kier molecular flexibility index (Phi) is 7.44. The van der Waals surface area contributed by atoms with E-state index in [2.05, 4.69) is 15.3 Å². The lowest BCUT2D eigenvalue weighted by Crippen LogP contribution is -2.30. The van der Waals surface area contributed by atoms with Gasteiger partial charge in [0.1, 0.15) is 11.7 Å². The molecule has 0 saturated carbocycles. The van der Waals surface area contributed by atoms with Crippen LogP contribution in [0, 0.1) is 5.41 Å². The predicted octanol–water partition coefficient (Wildman–Crippen LogP) is 1.94. The van der Waals surface area contributed by atoms with Gasteiger partial charge in [-0.25, -0.2) is 4.98 Å². The third-order valence-electron chi connectivity index (χ3n) is 3.86. The second-order valence-electron chi connectivity index (χ2n) is 6.10. The van der Waals surface area contributed by atoms with E-state index >= 15 is 0 Å². The smallest absolute Gasteiger partial charge is 0.300 e. The lowest BCUT2D eigenvalue weighted by molar-refractivity contribution is -0.134. The molecule has 3 aromatic rings. The van der Waals surface area contributed by atoms with Gasteiger partial charge in [0.05, 0.1) is 11.0 Å². The number of carbonyl (C=O) groups is 2. The summed E-state index contributed by atoms with van der Waals surface area (Å²) >= 11 is 0. The number of H-pyrrole nitrogens is 1. The number of para-hydroxylation sites is 2. The average Bonchev–Trinajstić information content (AvgIpc) is 3.10. The highest BCUT2D eigenvalue weighted by Gasteiger charge is 2.23. The molecular formula is C20H23N5O4. The first-order valence-corrected chi connectivity index (χ1v) is 8.69. The quantitative estimate of drug-likeness (QED) is 0.316. The lowest BCUT2D eigenvalue weighted by Gasteiger charge is -2.13. The molecule has 2 aromatic carbocycles. The first kappa shape index (κ1) is 21.6. The molecule has 0 radical (unpaired) electrons. The second kappa shape index (κ2) is 10.00. The monoisotopic (exact) mass is 397 g/mol. The van der Waals surface area contributed by atoms with Crippen LogP contribution in [-0.2, 0) is 20.9 Å². The second-order valence-corrected chi connectivity index (χ2v) is 6.10. The van der Waals surface area contributed by atoms with Gasteiger partial charge in [0.2, 0.25) is 0 Å². The van der Waals surface area contributed by atoms with E-state index in [1.807, 2.05) is 36.4 Å². The first-order valence-electron chi connectivity index (χ1n) is 8.69. The van der Waals surface area contributed by atoms with Gasteiger partial charge in [-0.2, -0.15) is 0 Å². The number of amidine groups is 1. The molecule has 1 aromatic heterocycles. The lowest BCUT2D eigenvalue weighted by atomic mass is 10.1. The van der Waals surface area contributed by atoms with Gasteiger partial charge in [0.15, 0.2) is 6.10 Å². The number of rotatable bonds is 6. The Balaban J connectivity index is 0.000000687. The van der Waals surface area contributed by atoms with E-state index in [4.69, 9.17) is 25.8 Å². The minimum absolute atomic E-state index is 0.0138. The summed E-state index contributed by atoms with van der Waals surface area (Å²) in [6.45, 7) is 1.43. The van der Waals surface area contributed by atoms with Crippen molar-refractivity contribution in [3.05, 3.63) is 65.5 Å². The number of ether oxygens (including phenoxy) is 1. The SMILES string of the molecule is CC(=O)O.COC(C(=O)NCc1ccc(C(=N)N)cc1)c1nc2ccccc2[nH]1. The Hall–Kier alpha value is -3.72. The molecule has 1 amide bonds. The van der Waals surface area contributed by atoms with Crippen LogP contribution in [0.2, 0.25) is 0 Å². The van der Waals surface area contributed by atoms with Crippen LogP contribution in [0.5, 0.6) is 0 Å². The zero-order chi connectivity index (χ0) is 21.4. The Labute approximate surface area is 167 Å². The van der Waals surface area contributed by atoms with Crippen molar-refractivity contribution in [2.24, 2.45) is 5.73 Å². The Bertz CT molecular complexity index is 961. The van der Waals surface area contributed by atoms with Crippen molar-refractivity contribution in [1.82, 2.24) is 15.3 Å². The van der Waals surface area contributed by atoms with E-state index < -0.39 is 12.1 Å². The number of hydrogen-bond donors (Lipinski definition) is 5. The van der Waals surface area contributed by atoms with Crippen LogP contribution < -0.4 is 11.1 Å². The summed E-state index contributed by atoms with van der Waals surface area (Å²) in [7, 11) is 1.47. The molecule has 3 rings (SSSR count). The number of methoxy groups -OCH3 is 1. The number of carbonyl (C=O) groups excluding carboxylic acids is 1. The van der Waals surface area contributed by atoms with Crippen LogP contribution in [-0.4, -0.2) is 39.9 Å². The number of nitrogens with two attached hydrogens (primary N) is 1. The molecular weight excluding hydrogens is 374 g/mol. The summed E-state index contributed by atoms with van der Waals surface area (Å²) < 4.78 is 5.32. The van der Waals surface area contributed by atoms with E-state index in [-0.39, 0.29) is 11.7 Å². The molecule has 0 aliphatic heterocycles. The van der Waals surface area contributed by atoms with Crippen molar-refractivity contribution in [1.29, 1.82) is 5.41 Å². The standard InChI is InChI=1S/C18H19N5O2.C2H4O2/c1-25-15(17-22-13-4-2-3-5-14(13)23-17)18(24)21-10-11-6-8-12(9-7-11)16(19)20;1-2(3)4/h2-9,15H,10H2,1H3,(H3,19,20)(H,21,24)(H,22,23);1H3,(H,3,4). The molecule has 6 N–H and O–H groups in total. The number of aromatic nitrogens is 2. The van der Waals surface area contributed by atoms with Crippen LogP contribution in [0.3, 0.4) is 0 Å². The van der Waals surface area contributed by atoms with Gasteiger partial charge in [0, 0.05) is 26.1 Å². The number of benzene rings is 2. The highest BCUT2D eigenvalue weighted by atomic mass is 16.5. The summed E-state index contributed by atoms with van der Waals surface area (Å²) in [5.74, 6) is -0.634. The fourth-order valence-electron chi connectivity index (χ4n) is 2.52. The van der Waals surface area contributed by atoms with Crippen LogP contribution in [0.4, 0.5) is 0 Å². The van der Waals surface area contributed by atoms with E-state index in [9.17, 15) is 4.79 Å². The molecule has 152 valence electrons. The maximum Gasteiger partial charge on any atom is 0.300 e. The normalized spacial score (nSPS) is 11.2. The Morgan fingerprint density at radius 1 is 1.24 bits per heavy atom. The van der Waals surface area contributed by atoms with E-state index in [0.29, 0.717) is 17.9 Å². The molecule has 0 saturated heterocycles. The summed E-state index contributed by atoms with van der Waals surface area (Å²) in [4.78, 5) is 29.0. The zero-order valence-electron chi connectivity index (χ0n) is 16.1. The van der Waals surface area contributed by atoms with Crippen molar-refractivity contribution in [3.63, 3.8) is 0 Å². The molecule has 1 heterocycles. The summed E-state index contributed by atoms with van der Waals surface area (Å²) in [6, 6.07) is 14.7. The van der Waals surface area contributed by atoms with Crippen molar-refractivity contribution in [2.75, 3.05) is 7.11 Å². The van der Waals surface area contributed by atoms with E-state index in [0.717, 1.165) is 23.5 Å². The number of imidazole rings is 1. The van der Waals surface area contributed by atoms with Gasteiger partial charge in [-0.05, 0) is 17.7 Å². The minimum atomic E-state index is -0.833. The van der Waals surface area contributed by atoms with Gasteiger partial charge in [-0.1, -0.05) is 36.4 Å². The predicted molar refractivity (Wildman–Crippen MR) is 108 cm³/mol. The van der Waals surface area contributed by atoms with Gasteiger partial charge in [-0.15, -0.1) is 0 Å². The topological polar surface area (TPSA) is 154 Å². The number of nitrogens with zero attached hydrogens (tertiary/aromatic N) is 1. The number of nitrogens with one attached hydrogen (secondary N) is 3. The van der Waals surface area contributed by atoms with Crippen LogP contribution in [0.25, 0.3) is 11.0 Å². The van der Waals surface area contributed by atoms with Crippen LogP contribution in [0.15, 0.2) is 48.5 Å². The van der Waals surface area contributed by atoms with Gasteiger partial charge >= 0.3 is 0 Å².